The predicted octanol–water partition coefficient (Wildman–Crippen LogP) is 2.71. The Kier molecular flexibility index (Phi) is 6.18. The van der Waals surface area contributed by atoms with E-state index in [4.69, 9.17) is 18.9 Å². The minimum Gasteiger partial charge on any atom is -0.493 e. The number of benzene rings is 1. The SMILES string of the molecule is COC(=O)c1sc(N/N=C\c2cc(OC)c(OC)c(OC)c2)nc1C. The zero-order valence-corrected chi connectivity index (χ0v) is 15.4. The number of methoxy groups -OCH3 is 4. The van der Waals surface area contributed by atoms with Crippen molar-refractivity contribution in [1.29, 1.82) is 0 Å². The summed E-state index contributed by atoms with van der Waals surface area (Å²) in [4.78, 5) is 16.3. The Morgan fingerprint density at radius 2 is 1.80 bits per heavy atom. The van der Waals surface area contributed by atoms with Crippen LogP contribution in [0.4, 0.5) is 5.13 Å². The molecule has 0 aliphatic rings. The Labute approximate surface area is 149 Å². The molecule has 0 unspecified atom stereocenters. The average Bonchev–Trinajstić information content (AvgIpc) is 3.00. The number of rotatable bonds is 7. The van der Waals surface area contributed by atoms with E-state index in [1.54, 1.807) is 46.6 Å². The average molecular weight is 365 g/mol. The van der Waals surface area contributed by atoms with Crippen LogP contribution in [-0.4, -0.2) is 45.6 Å². The van der Waals surface area contributed by atoms with Crippen LogP contribution in [0.3, 0.4) is 0 Å². The maximum Gasteiger partial charge on any atom is 0.350 e. The Morgan fingerprint density at radius 3 is 2.32 bits per heavy atom. The maximum absolute atomic E-state index is 11.6. The van der Waals surface area contributed by atoms with Gasteiger partial charge < -0.3 is 18.9 Å². The first-order valence-corrected chi connectivity index (χ1v) is 8.00. The van der Waals surface area contributed by atoms with Gasteiger partial charge in [0.1, 0.15) is 4.88 Å². The largest absolute Gasteiger partial charge is 0.493 e. The number of hydrogen-bond acceptors (Lipinski definition) is 9. The number of hydrogen-bond donors (Lipinski definition) is 1. The van der Waals surface area contributed by atoms with Crippen molar-refractivity contribution in [3.63, 3.8) is 0 Å². The lowest BCUT2D eigenvalue weighted by Crippen LogP contribution is -1.99. The van der Waals surface area contributed by atoms with Crippen molar-refractivity contribution in [3.8, 4) is 17.2 Å². The summed E-state index contributed by atoms with van der Waals surface area (Å²) in [5.74, 6) is 1.15. The Morgan fingerprint density at radius 1 is 1.16 bits per heavy atom. The lowest BCUT2D eigenvalue weighted by Gasteiger charge is -2.12. The van der Waals surface area contributed by atoms with Crippen molar-refractivity contribution in [2.45, 2.75) is 6.92 Å². The van der Waals surface area contributed by atoms with E-state index in [1.807, 2.05) is 0 Å². The molecule has 2 rings (SSSR count). The molecule has 8 nitrogen and oxygen atoms in total. The summed E-state index contributed by atoms with van der Waals surface area (Å²) in [6.07, 6.45) is 1.58. The monoisotopic (exact) mass is 365 g/mol. The summed E-state index contributed by atoms with van der Waals surface area (Å²) < 4.78 is 20.6. The smallest absolute Gasteiger partial charge is 0.350 e. The van der Waals surface area contributed by atoms with E-state index in [0.29, 0.717) is 33.0 Å². The van der Waals surface area contributed by atoms with Crippen LogP contribution in [0.25, 0.3) is 0 Å². The third kappa shape index (κ3) is 4.18. The Bertz CT molecular complexity index is 763. The zero-order valence-electron chi connectivity index (χ0n) is 14.6. The molecule has 1 N–H and O–H groups in total. The van der Waals surface area contributed by atoms with Gasteiger partial charge in [-0.3, -0.25) is 5.43 Å². The Balaban J connectivity index is 2.18. The number of carbonyl (C=O) groups is 1. The number of anilines is 1. The third-order valence-electron chi connectivity index (χ3n) is 3.23. The van der Waals surface area contributed by atoms with E-state index < -0.39 is 5.97 Å². The van der Waals surface area contributed by atoms with Gasteiger partial charge in [-0.25, -0.2) is 9.78 Å². The molecular weight excluding hydrogens is 346 g/mol. The number of aromatic nitrogens is 1. The summed E-state index contributed by atoms with van der Waals surface area (Å²) in [5.41, 5.74) is 4.12. The fourth-order valence-electron chi connectivity index (χ4n) is 2.06. The zero-order chi connectivity index (χ0) is 18.4. The topological polar surface area (TPSA) is 91.3 Å². The number of hydrazone groups is 1. The quantitative estimate of drug-likeness (QED) is 0.458. The first-order valence-electron chi connectivity index (χ1n) is 7.18. The highest BCUT2D eigenvalue weighted by atomic mass is 32.1. The molecule has 1 aromatic heterocycles. The molecule has 0 bridgehead atoms. The van der Waals surface area contributed by atoms with E-state index >= 15 is 0 Å². The van der Waals surface area contributed by atoms with Crippen LogP contribution in [0, 0.1) is 6.92 Å². The number of nitrogens with one attached hydrogen (secondary N) is 1. The molecule has 1 heterocycles. The van der Waals surface area contributed by atoms with E-state index in [1.165, 1.54) is 18.4 Å². The van der Waals surface area contributed by atoms with E-state index in [0.717, 1.165) is 5.56 Å². The molecule has 25 heavy (non-hydrogen) atoms. The fraction of sp³-hybridized carbons (Fsp3) is 0.312. The fourth-order valence-corrected chi connectivity index (χ4v) is 2.90. The first-order chi connectivity index (χ1) is 12.0. The standard InChI is InChI=1S/C16H19N3O5S/c1-9-14(15(20)24-5)25-16(18-9)19-17-8-10-6-11(21-2)13(23-4)12(7-10)22-3/h6-8H,1-5H3,(H,18,19)/b17-8-. The van der Waals surface area contributed by atoms with Gasteiger partial charge in [-0.2, -0.15) is 5.10 Å². The van der Waals surface area contributed by atoms with Gasteiger partial charge in [-0.1, -0.05) is 11.3 Å². The van der Waals surface area contributed by atoms with Crippen LogP contribution in [-0.2, 0) is 4.74 Å². The van der Waals surface area contributed by atoms with Crippen molar-refractivity contribution in [3.05, 3.63) is 28.3 Å². The molecule has 1 aromatic carbocycles. The summed E-state index contributed by atoms with van der Waals surface area (Å²) in [5, 5.41) is 4.61. The highest BCUT2D eigenvalue weighted by Gasteiger charge is 2.15. The second-order valence-corrected chi connectivity index (χ2v) is 5.75. The molecule has 0 aliphatic carbocycles. The maximum atomic E-state index is 11.6. The Hall–Kier alpha value is -2.81. The third-order valence-corrected chi connectivity index (χ3v) is 4.27. The van der Waals surface area contributed by atoms with Gasteiger partial charge in [0.2, 0.25) is 10.9 Å². The van der Waals surface area contributed by atoms with Gasteiger partial charge in [-0.15, -0.1) is 0 Å². The predicted molar refractivity (Wildman–Crippen MR) is 95.5 cm³/mol. The number of nitrogens with zero attached hydrogens (tertiary/aromatic N) is 2. The molecule has 0 aliphatic heterocycles. The molecule has 0 fully saturated rings. The van der Waals surface area contributed by atoms with Gasteiger partial charge >= 0.3 is 5.97 Å². The van der Waals surface area contributed by atoms with Crippen LogP contribution in [0.5, 0.6) is 17.2 Å². The van der Waals surface area contributed by atoms with Crippen LogP contribution in [0.1, 0.15) is 20.9 Å². The van der Waals surface area contributed by atoms with Crippen LogP contribution in [0.2, 0.25) is 0 Å². The molecular formula is C16H19N3O5S. The van der Waals surface area contributed by atoms with Crippen molar-refractivity contribution in [1.82, 2.24) is 4.98 Å². The summed E-state index contributed by atoms with van der Waals surface area (Å²) in [6, 6.07) is 3.53. The van der Waals surface area contributed by atoms with Gasteiger partial charge in [-0.05, 0) is 19.1 Å². The number of carbonyl (C=O) groups excluding carboxylic acids is 1. The molecule has 0 radical (unpaired) electrons. The molecule has 0 saturated carbocycles. The van der Waals surface area contributed by atoms with E-state index in [2.05, 4.69) is 15.5 Å². The highest BCUT2D eigenvalue weighted by molar-refractivity contribution is 7.17. The number of ether oxygens (including phenoxy) is 4. The van der Waals surface area contributed by atoms with E-state index in [9.17, 15) is 4.79 Å². The van der Waals surface area contributed by atoms with Crippen molar-refractivity contribution in [2.75, 3.05) is 33.9 Å². The van der Waals surface area contributed by atoms with Crippen molar-refractivity contribution < 1.29 is 23.7 Å². The van der Waals surface area contributed by atoms with Crippen LogP contribution >= 0.6 is 11.3 Å². The number of esters is 1. The molecule has 2 aromatic rings. The summed E-state index contributed by atoms with van der Waals surface area (Å²) >= 11 is 1.17. The van der Waals surface area contributed by atoms with Crippen molar-refractivity contribution >= 4 is 28.7 Å². The van der Waals surface area contributed by atoms with Gasteiger partial charge in [0.15, 0.2) is 11.5 Å². The molecule has 0 atom stereocenters. The molecule has 0 amide bonds. The van der Waals surface area contributed by atoms with Crippen LogP contribution < -0.4 is 19.6 Å². The molecule has 134 valence electrons. The lowest BCUT2D eigenvalue weighted by atomic mass is 10.2. The lowest BCUT2D eigenvalue weighted by molar-refractivity contribution is 0.0605. The van der Waals surface area contributed by atoms with Gasteiger partial charge in [0, 0.05) is 5.56 Å². The van der Waals surface area contributed by atoms with Gasteiger partial charge in [0.25, 0.3) is 0 Å². The minimum absolute atomic E-state index is 0.420. The second kappa shape index (κ2) is 8.34. The van der Waals surface area contributed by atoms with Gasteiger partial charge in [0.05, 0.1) is 40.3 Å². The summed E-state index contributed by atoms with van der Waals surface area (Å²) in [7, 11) is 5.96. The normalized spacial score (nSPS) is 10.6. The second-order valence-electron chi connectivity index (χ2n) is 4.75. The summed E-state index contributed by atoms with van der Waals surface area (Å²) in [6.45, 7) is 1.73. The van der Waals surface area contributed by atoms with Crippen LogP contribution in [0.15, 0.2) is 17.2 Å². The molecule has 0 spiro atoms. The highest BCUT2D eigenvalue weighted by Crippen LogP contribution is 2.37. The minimum atomic E-state index is -0.420. The molecule has 0 saturated heterocycles. The number of aryl methyl sites for hydroxylation is 1. The van der Waals surface area contributed by atoms with Crippen molar-refractivity contribution in [2.24, 2.45) is 5.10 Å². The first kappa shape index (κ1) is 18.5. The number of thiazole rings is 1. The van der Waals surface area contributed by atoms with E-state index in [-0.39, 0.29) is 0 Å². The molecule has 9 heteroatoms.